The fraction of sp³-hybridized carbons (Fsp3) is 0.465. The number of aryl methyl sites for hydroxylation is 1. The Labute approximate surface area is 357 Å². The molecular formula is C43H59BClN5O10. The van der Waals surface area contributed by atoms with Crippen molar-refractivity contribution in [1.29, 1.82) is 0 Å². The van der Waals surface area contributed by atoms with Gasteiger partial charge in [-0.2, -0.15) is 0 Å². The van der Waals surface area contributed by atoms with Gasteiger partial charge >= 0.3 is 19.1 Å². The molecule has 15 nitrogen and oxygen atoms in total. The summed E-state index contributed by atoms with van der Waals surface area (Å²) in [5, 5.41) is 51.7. The quantitative estimate of drug-likeness (QED) is 0.0379. The summed E-state index contributed by atoms with van der Waals surface area (Å²) in [5.41, 5.74) is 7.77. The van der Waals surface area contributed by atoms with Gasteiger partial charge in [0.25, 0.3) is 0 Å². The van der Waals surface area contributed by atoms with E-state index < -0.39 is 19.1 Å². The highest BCUT2D eigenvalue weighted by Crippen LogP contribution is 2.27. The second-order valence-electron chi connectivity index (χ2n) is 14.8. The Kier molecular flexibility index (Phi) is 24.9. The first-order chi connectivity index (χ1) is 28.7. The summed E-state index contributed by atoms with van der Waals surface area (Å²) in [7, 11) is -1.50. The molecule has 2 saturated carbocycles. The van der Waals surface area contributed by atoms with Crippen molar-refractivity contribution in [1.82, 2.24) is 19.9 Å². The molecule has 2 aliphatic carbocycles. The normalized spacial score (nSPS) is 17.9. The standard InChI is InChI=1S/C22H28N2O3.C7H7BO3.C7H14O.C4H3ClN2O.C3H7NO2/c1-16-9-11-19(12-10-16)27-20-14-23-22(24-15-20)18-7-4-6-17(13-18)5-2-3-8-21(25)26;9-5-6-2-1-3-7(4-6)8(10)11;1-6-2-4-7(8)5-3-6;5-4-6-1-3(8)2-7-4;4-2-1-3(5)6/h4,6-7,13-16,19H,2-3,5,8-12H2,1H3,(H,25,26);1-5,10-11H;6-8H,2-5H2,1H3;1-2,8H;1-2,4H2,(H,5,6). The highest BCUT2D eigenvalue weighted by Gasteiger charge is 2.20. The number of hydrogen-bond acceptors (Lipinski definition) is 13. The fourth-order valence-electron chi connectivity index (χ4n) is 6.00. The van der Waals surface area contributed by atoms with Crippen molar-refractivity contribution >= 4 is 42.4 Å². The third-order valence-corrected chi connectivity index (χ3v) is 9.68. The number of benzene rings is 2. The van der Waals surface area contributed by atoms with Gasteiger partial charge in [0, 0.05) is 24.1 Å². The predicted octanol–water partition coefficient (Wildman–Crippen LogP) is 5.89. The third-order valence-electron chi connectivity index (χ3n) is 9.48. The Morgan fingerprint density at radius 3 is 1.90 bits per heavy atom. The van der Waals surface area contributed by atoms with E-state index in [4.69, 9.17) is 52.5 Å². The number of halogens is 1. The minimum absolute atomic E-state index is 0.0196. The molecule has 2 fully saturated rings. The number of aliphatic hydroxyl groups is 1. The van der Waals surface area contributed by atoms with Gasteiger partial charge < -0.3 is 40.9 Å². The molecule has 326 valence electrons. The van der Waals surface area contributed by atoms with Crippen molar-refractivity contribution in [2.45, 2.75) is 110 Å². The van der Waals surface area contributed by atoms with Crippen LogP contribution in [0, 0.1) is 11.8 Å². The average Bonchev–Trinajstić information content (AvgIpc) is 3.24. The van der Waals surface area contributed by atoms with Crippen molar-refractivity contribution in [2.75, 3.05) is 6.54 Å². The number of hydrogen-bond donors (Lipinski definition) is 7. The molecular weight excluding hydrogens is 793 g/mol. The third kappa shape index (κ3) is 23.0. The van der Waals surface area contributed by atoms with Crippen LogP contribution >= 0.6 is 11.6 Å². The van der Waals surface area contributed by atoms with E-state index in [9.17, 15) is 14.4 Å². The fourth-order valence-corrected chi connectivity index (χ4v) is 6.10. The minimum Gasteiger partial charge on any atom is -0.505 e. The topological polar surface area (TPSA) is 259 Å². The Balaban J connectivity index is 0.000000306. The number of carboxylic acid groups (broad SMARTS) is 2. The van der Waals surface area contributed by atoms with Crippen molar-refractivity contribution in [3.8, 4) is 22.9 Å². The Bertz CT molecular complexity index is 1780. The lowest BCUT2D eigenvalue weighted by Gasteiger charge is -2.26. The van der Waals surface area contributed by atoms with Gasteiger partial charge in [-0.15, -0.1) is 0 Å². The first kappa shape index (κ1) is 51.1. The molecule has 0 atom stereocenters. The zero-order valence-electron chi connectivity index (χ0n) is 34.4. The van der Waals surface area contributed by atoms with Crippen molar-refractivity contribution < 1.29 is 49.6 Å². The van der Waals surface area contributed by atoms with E-state index in [1.165, 1.54) is 55.8 Å². The number of carbonyl (C=O) groups is 3. The van der Waals surface area contributed by atoms with E-state index in [0.717, 1.165) is 61.7 Å². The van der Waals surface area contributed by atoms with Crippen LogP contribution in [0.15, 0.2) is 73.3 Å². The van der Waals surface area contributed by atoms with E-state index in [2.05, 4.69) is 45.9 Å². The number of nitrogens with two attached hydrogens (primary N) is 1. The van der Waals surface area contributed by atoms with E-state index in [-0.39, 0.29) is 42.6 Å². The molecule has 0 radical (unpaired) electrons. The Morgan fingerprint density at radius 1 is 0.817 bits per heavy atom. The lowest BCUT2D eigenvalue weighted by Crippen LogP contribution is -2.29. The van der Waals surface area contributed by atoms with E-state index >= 15 is 0 Å². The first-order valence-corrected chi connectivity index (χ1v) is 20.5. The number of ether oxygens (including phenoxy) is 1. The molecule has 60 heavy (non-hydrogen) atoms. The number of nitrogens with zero attached hydrogens (tertiary/aromatic N) is 4. The molecule has 0 unspecified atom stereocenters. The molecule has 6 rings (SSSR count). The second-order valence-corrected chi connectivity index (χ2v) is 15.1. The van der Waals surface area contributed by atoms with Gasteiger partial charge in [-0.05, 0) is 111 Å². The van der Waals surface area contributed by atoms with E-state index in [0.29, 0.717) is 29.6 Å². The van der Waals surface area contributed by atoms with Gasteiger partial charge in [0.2, 0.25) is 5.28 Å². The predicted molar refractivity (Wildman–Crippen MR) is 230 cm³/mol. The molecule has 4 aromatic rings. The number of aliphatic hydroxyl groups excluding tert-OH is 1. The largest absolute Gasteiger partial charge is 0.505 e. The molecule has 2 heterocycles. The number of aromatic nitrogens is 4. The van der Waals surface area contributed by atoms with Crippen LogP contribution < -0.4 is 15.9 Å². The number of aldehydes is 1. The zero-order chi connectivity index (χ0) is 44.3. The molecule has 0 spiro atoms. The lowest BCUT2D eigenvalue weighted by atomic mass is 9.80. The summed E-state index contributed by atoms with van der Waals surface area (Å²) in [5.74, 6) is 1.54. The minimum atomic E-state index is -1.50. The number of carboxylic acids is 2. The van der Waals surface area contributed by atoms with Gasteiger partial charge in [-0.25, -0.2) is 19.9 Å². The van der Waals surface area contributed by atoms with Gasteiger partial charge in [0.15, 0.2) is 17.3 Å². The van der Waals surface area contributed by atoms with Crippen molar-refractivity contribution in [3.05, 3.63) is 89.7 Å². The van der Waals surface area contributed by atoms with Crippen LogP contribution in [-0.4, -0.2) is 94.5 Å². The average molecular weight is 852 g/mol. The van der Waals surface area contributed by atoms with Crippen LogP contribution in [-0.2, 0) is 16.0 Å². The van der Waals surface area contributed by atoms with Gasteiger partial charge in [0.05, 0.1) is 43.4 Å². The summed E-state index contributed by atoms with van der Waals surface area (Å²) in [6, 6.07) is 14.3. The first-order valence-electron chi connectivity index (χ1n) is 20.2. The number of aromatic hydroxyl groups is 1. The number of rotatable bonds is 12. The second kappa shape index (κ2) is 29.3. The Hall–Kier alpha value is -5.00. The van der Waals surface area contributed by atoms with E-state index in [1.807, 2.05) is 12.1 Å². The zero-order valence-corrected chi connectivity index (χ0v) is 35.1. The number of aliphatic carboxylic acids is 2. The summed E-state index contributed by atoms with van der Waals surface area (Å²) in [6.07, 6.45) is 18.8. The van der Waals surface area contributed by atoms with Crippen LogP contribution in [0.1, 0.15) is 107 Å². The van der Waals surface area contributed by atoms with Gasteiger partial charge in [0.1, 0.15) is 6.29 Å². The van der Waals surface area contributed by atoms with Crippen LogP contribution in [0.2, 0.25) is 5.28 Å². The molecule has 0 bridgehead atoms. The number of unbranched alkanes of at least 4 members (excludes halogenated alkanes) is 1. The molecule has 0 amide bonds. The molecule has 17 heteroatoms. The summed E-state index contributed by atoms with van der Waals surface area (Å²) in [6.45, 7) is 4.79. The summed E-state index contributed by atoms with van der Waals surface area (Å²) >= 11 is 5.28. The molecule has 2 aromatic heterocycles. The van der Waals surface area contributed by atoms with E-state index in [1.54, 1.807) is 24.5 Å². The maximum atomic E-state index is 10.6. The van der Waals surface area contributed by atoms with Crippen LogP contribution in [0.25, 0.3) is 11.4 Å². The summed E-state index contributed by atoms with van der Waals surface area (Å²) in [4.78, 5) is 46.2. The molecule has 2 aliphatic rings. The molecule has 0 saturated heterocycles. The van der Waals surface area contributed by atoms with Gasteiger partial charge in [-0.1, -0.05) is 56.3 Å². The molecule has 8 N–H and O–H groups in total. The van der Waals surface area contributed by atoms with Gasteiger partial charge in [-0.3, -0.25) is 14.4 Å². The lowest BCUT2D eigenvalue weighted by molar-refractivity contribution is -0.138. The maximum absolute atomic E-state index is 10.6. The summed E-state index contributed by atoms with van der Waals surface area (Å²) < 4.78 is 6.03. The Morgan fingerprint density at radius 2 is 1.40 bits per heavy atom. The van der Waals surface area contributed by atoms with Crippen molar-refractivity contribution in [3.63, 3.8) is 0 Å². The highest BCUT2D eigenvalue weighted by atomic mass is 35.5. The number of carbonyl (C=O) groups excluding carboxylic acids is 1. The highest BCUT2D eigenvalue weighted by molar-refractivity contribution is 6.58. The molecule has 2 aromatic carbocycles. The smallest absolute Gasteiger partial charge is 0.488 e. The SMILES string of the molecule is CC1CCC(O)CC1.CC1CCC(Oc2cnc(-c3cccc(CCCCC(=O)O)c3)nc2)CC1.NCCC(=O)O.O=Cc1cccc(B(O)O)c1.Oc1cnc(Cl)nc1. The van der Waals surface area contributed by atoms with Crippen LogP contribution in [0.4, 0.5) is 0 Å². The van der Waals surface area contributed by atoms with Crippen LogP contribution in [0.3, 0.4) is 0 Å². The maximum Gasteiger partial charge on any atom is 0.488 e. The van der Waals surface area contributed by atoms with Crippen LogP contribution in [0.5, 0.6) is 11.5 Å². The van der Waals surface area contributed by atoms with Crippen molar-refractivity contribution in [2.24, 2.45) is 17.6 Å². The monoisotopic (exact) mass is 851 g/mol. The molecule has 0 aliphatic heterocycles.